The molecule has 1 aromatic heterocycles. The van der Waals surface area contributed by atoms with Gasteiger partial charge < -0.3 is 14.6 Å². The Morgan fingerprint density at radius 3 is 2.72 bits per heavy atom. The molecule has 1 N–H and O–H groups in total. The van der Waals surface area contributed by atoms with E-state index in [1.165, 1.54) is 5.56 Å². The van der Waals surface area contributed by atoms with Crippen LogP contribution in [0.2, 0.25) is 0 Å². The molecule has 0 radical (unpaired) electrons. The molecule has 1 unspecified atom stereocenters. The van der Waals surface area contributed by atoms with Crippen LogP contribution in [0, 0.1) is 13.8 Å². The third-order valence-electron chi connectivity index (χ3n) is 5.00. The van der Waals surface area contributed by atoms with E-state index in [0.717, 1.165) is 35.9 Å². The van der Waals surface area contributed by atoms with E-state index in [1.807, 2.05) is 26.0 Å². The number of fused-ring (bicyclic) bond motifs is 1. The number of carbonyl (C=O) groups is 1. The molecule has 0 saturated carbocycles. The third-order valence-corrected chi connectivity index (χ3v) is 5.00. The van der Waals surface area contributed by atoms with Crippen molar-refractivity contribution in [3.8, 4) is 0 Å². The second kappa shape index (κ2) is 7.40. The number of rotatable bonds is 5. The lowest BCUT2D eigenvalue weighted by Crippen LogP contribution is -2.37. The van der Waals surface area contributed by atoms with Gasteiger partial charge in [0.25, 0.3) is 5.56 Å². The number of hydrogen-bond acceptors (Lipinski definition) is 3. The zero-order valence-electron chi connectivity index (χ0n) is 15.2. The molecule has 2 aromatic rings. The Balaban J connectivity index is 1.90. The van der Waals surface area contributed by atoms with Crippen molar-refractivity contribution in [3.63, 3.8) is 0 Å². The Labute approximate surface area is 148 Å². The molecule has 0 bridgehead atoms. The number of aryl methyl sites for hydroxylation is 2. The minimum atomic E-state index is -0.128. The number of nitrogens with one attached hydrogen (secondary N) is 1. The standard InChI is InChI=1S/C20H26N2O3/c1-4-19(23)22(12-17-6-5-7-25-17)11-16-10-15-8-13(2)14(3)9-18(15)21-20(16)24/h8-10,17H,4-7,11-12H2,1-3H3,(H,21,24). The van der Waals surface area contributed by atoms with Gasteiger partial charge in [0.1, 0.15) is 0 Å². The summed E-state index contributed by atoms with van der Waals surface area (Å²) in [6.07, 6.45) is 2.52. The predicted molar refractivity (Wildman–Crippen MR) is 98.7 cm³/mol. The first-order chi connectivity index (χ1) is 12.0. The lowest BCUT2D eigenvalue weighted by Gasteiger charge is -2.25. The van der Waals surface area contributed by atoms with E-state index in [1.54, 1.807) is 4.90 Å². The van der Waals surface area contributed by atoms with E-state index >= 15 is 0 Å². The van der Waals surface area contributed by atoms with Crippen molar-refractivity contribution in [2.45, 2.75) is 52.7 Å². The molecule has 5 heteroatoms. The topological polar surface area (TPSA) is 62.4 Å². The number of benzene rings is 1. The smallest absolute Gasteiger partial charge is 0.253 e. The Morgan fingerprint density at radius 1 is 1.28 bits per heavy atom. The SMILES string of the molecule is CCC(=O)N(Cc1cc2cc(C)c(C)cc2[nH]c1=O)CC1CCCO1. The van der Waals surface area contributed by atoms with Crippen LogP contribution in [0.25, 0.3) is 10.9 Å². The van der Waals surface area contributed by atoms with Crippen molar-refractivity contribution in [1.82, 2.24) is 9.88 Å². The summed E-state index contributed by atoms with van der Waals surface area (Å²) in [4.78, 5) is 29.5. The molecule has 2 heterocycles. The molecule has 1 amide bonds. The number of carbonyl (C=O) groups excluding carboxylic acids is 1. The normalized spacial score (nSPS) is 17.2. The predicted octanol–water partition coefficient (Wildman–Crippen LogP) is 3.06. The van der Waals surface area contributed by atoms with Crippen LogP contribution in [-0.2, 0) is 16.1 Å². The molecule has 0 aliphatic carbocycles. The molecule has 1 aromatic carbocycles. The van der Waals surface area contributed by atoms with E-state index in [4.69, 9.17) is 4.74 Å². The van der Waals surface area contributed by atoms with Crippen LogP contribution >= 0.6 is 0 Å². The fraction of sp³-hybridized carbons (Fsp3) is 0.500. The zero-order valence-corrected chi connectivity index (χ0v) is 15.2. The molecule has 1 saturated heterocycles. The molecule has 5 nitrogen and oxygen atoms in total. The van der Waals surface area contributed by atoms with Crippen LogP contribution < -0.4 is 5.56 Å². The van der Waals surface area contributed by atoms with Gasteiger partial charge in [-0.15, -0.1) is 0 Å². The summed E-state index contributed by atoms with van der Waals surface area (Å²) in [5.41, 5.74) is 3.67. The summed E-state index contributed by atoms with van der Waals surface area (Å²) >= 11 is 0. The molecule has 3 rings (SSSR count). The van der Waals surface area contributed by atoms with Gasteiger partial charge in [-0.2, -0.15) is 0 Å². The van der Waals surface area contributed by atoms with Crippen molar-refractivity contribution in [3.05, 3.63) is 45.2 Å². The zero-order chi connectivity index (χ0) is 18.0. The van der Waals surface area contributed by atoms with Gasteiger partial charge >= 0.3 is 0 Å². The molecular formula is C20H26N2O3. The van der Waals surface area contributed by atoms with Gasteiger partial charge in [-0.25, -0.2) is 0 Å². The van der Waals surface area contributed by atoms with E-state index in [9.17, 15) is 9.59 Å². The summed E-state index contributed by atoms with van der Waals surface area (Å²) in [5.74, 6) is 0.0510. The van der Waals surface area contributed by atoms with Crippen LogP contribution in [0.1, 0.15) is 42.9 Å². The van der Waals surface area contributed by atoms with Crippen molar-refractivity contribution < 1.29 is 9.53 Å². The van der Waals surface area contributed by atoms with Gasteiger partial charge in [0.05, 0.1) is 12.6 Å². The van der Waals surface area contributed by atoms with Gasteiger partial charge in [0, 0.05) is 30.7 Å². The second-order valence-electron chi connectivity index (χ2n) is 6.91. The van der Waals surface area contributed by atoms with E-state index in [2.05, 4.69) is 18.0 Å². The molecule has 0 spiro atoms. The quantitative estimate of drug-likeness (QED) is 0.908. The van der Waals surface area contributed by atoms with Crippen molar-refractivity contribution in [1.29, 1.82) is 0 Å². The lowest BCUT2D eigenvalue weighted by molar-refractivity contribution is -0.133. The van der Waals surface area contributed by atoms with Crippen LogP contribution in [0.4, 0.5) is 0 Å². The number of aromatic nitrogens is 1. The Morgan fingerprint density at radius 2 is 2.04 bits per heavy atom. The first-order valence-electron chi connectivity index (χ1n) is 9.00. The highest BCUT2D eigenvalue weighted by molar-refractivity contribution is 5.81. The van der Waals surface area contributed by atoms with E-state index < -0.39 is 0 Å². The van der Waals surface area contributed by atoms with Gasteiger partial charge in [0.15, 0.2) is 0 Å². The molecular weight excluding hydrogens is 316 g/mol. The van der Waals surface area contributed by atoms with Crippen LogP contribution in [0.15, 0.2) is 23.0 Å². The molecule has 1 aliphatic heterocycles. The van der Waals surface area contributed by atoms with Gasteiger partial charge in [-0.3, -0.25) is 9.59 Å². The van der Waals surface area contributed by atoms with Crippen LogP contribution in [0.3, 0.4) is 0 Å². The summed E-state index contributed by atoms with van der Waals surface area (Å²) in [7, 11) is 0. The molecule has 1 atom stereocenters. The van der Waals surface area contributed by atoms with Gasteiger partial charge in [0.2, 0.25) is 5.91 Å². The van der Waals surface area contributed by atoms with Crippen molar-refractivity contribution in [2.24, 2.45) is 0 Å². The fourth-order valence-corrected chi connectivity index (χ4v) is 3.36. The van der Waals surface area contributed by atoms with Crippen LogP contribution in [-0.4, -0.2) is 35.0 Å². The molecule has 1 aliphatic rings. The number of pyridine rings is 1. The Hall–Kier alpha value is -2.14. The second-order valence-corrected chi connectivity index (χ2v) is 6.91. The largest absolute Gasteiger partial charge is 0.376 e. The maximum Gasteiger partial charge on any atom is 0.253 e. The highest BCUT2D eigenvalue weighted by atomic mass is 16.5. The average Bonchev–Trinajstić information content (AvgIpc) is 3.09. The Bertz CT molecular complexity index is 835. The minimum Gasteiger partial charge on any atom is -0.376 e. The number of ether oxygens (including phenoxy) is 1. The highest BCUT2D eigenvalue weighted by Gasteiger charge is 2.22. The summed E-state index contributed by atoms with van der Waals surface area (Å²) < 4.78 is 5.67. The summed E-state index contributed by atoms with van der Waals surface area (Å²) in [6, 6.07) is 5.99. The molecule has 25 heavy (non-hydrogen) atoms. The fourth-order valence-electron chi connectivity index (χ4n) is 3.36. The first kappa shape index (κ1) is 17.7. The lowest BCUT2D eigenvalue weighted by atomic mass is 10.0. The minimum absolute atomic E-state index is 0.0510. The monoisotopic (exact) mass is 342 g/mol. The maximum atomic E-state index is 12.5. The third kappa shape index (κ3) is 3.93. The van der Waals surface area contributed by atoms with Gasteiger partial charge in [-0.05, 0) is 61.4 Å². The van der Waals surface area contributed by atoms with Crippen molar-refractivity contribution >= 4 is 16.8 Å². The van der Waals surface area contributed by atoms with Crippen LogP contribution in [0.5, 0.6) is 0 Å². The average molecular weight is 342 g/mol. The highest BCUT2D eigenvalue weighted by Crippen LogP contribution is 2.19. The van der Waals surface area contributed by atoms with E-state index in [-0.39, 0.29) is 17.6 Å². The number of nitrogens with zero attached hydrogens (tertiary/aromatic N) is 1. The van der Waals surface area contributed by atoms with E-state index in [0.29, 0.717) is 25.1 Å². The summed E-state index contributed by atoms with van der Waals surface area (Å²) in [6.45, 7) is 7.57. The molecule has 1 fully saturated rings. The number of hydrogen-bond donors (Lipinski definition) is 1. The number of aromatic amines is 1. The number of amides is 1. The van der Waals surface area contributed by atoms with Crippen molar-refractivity contribution in [2.75, 3.05) is 13.2 Å². The summed E-state index contributed by atoms with van der Waals surface area (Å²) in [5, 5.41) is 0.999. The maximum absolute atomic E-state index is 12.5. The molecule has 134 valence electrons. The Kier molecular flexibility index (Phi) is 5.23. The van der Waals surface area contributed by atoms with Gasteiger partial charge in [-0.1, -0.05) is 6.92 Å². The number of H-pyrrole nitrogens is 1. The first-order valence-corrected chi connectivity index (χ1v) is 9.00.